The first-order valence-electron chi connectivity index (χ1n) is 9.06. The number of carbonyl (C=O) groups excluding carboxylic acids is 2. The molecular weight excluding hydrogens is 480 g/mol. The molecule has 2 amide bonds. The predicted octanol–water partition coefficient (Wildman–Crippen LogP) is -0.139. The van der Waals surface area contributed by atoms with Crippen molar-refractivity contribution in [3.63, 3.8) is 0 Å². The highest BCUT2D eigenvalue weighted by atomic mass is 35.5. The molecule has 0 aliphatic rings. The molecule has 1 aromatic carbocycles. The summed E-state index contributed by atoms with van der Waals surface area (Å²) in [5.41, 5.74) is 8.08. The third kappa shape index (κ3) is 6.68. The van der Waals surface area contributed by atoms with Crippen LogP contribution in [0.3, 0.4) is 0 Å². The van der Waals surface area contributed by atoms with Gasteiger partial charge < -0.3 is 26.3 Å². The van der Waals surface area contributed by atoms with Crippen molar-refractivity contribution >= 4 is 46.2 Å². The molecule has 0 aliphatic carbocycles. The summed E-state index contributed by atoms with van der Waals surface area (Å²) in [4.78, 5) is 36.5. The van der Waals surface area contributed by atoms with Gasteiger partial charge in [-0.05, 0) is 38.1 Å². The second-order valence-electron chi connectivity index (χ2n) is 6.51. The molecule has 2 aromatic rings. The van der Waals surface area contributed by atoms with Crippen LogP contribution >= 0.6 is 12.4 Å². The molecule has 0 saturated carbocycles. The van der Waals surface area contributed by atoms with Gasteiger partial charge in [0.25, 0.3) is 5.91 Å². The molecule has 0 unspecified atom stereocenters. The Hall–Kier alpha value is -3.62. The number of hydrogen-bond donors (Lipinski definition) is 5. The van der Waals surface area contributed by atoms with Crippen molar-refractivity contribution < 1.29 is 32.3 Å². The van der Waals surface area contributed by atoms with E-state index in [4.69, 9.17) is 15.9 Å². The number of guanidine groups is 1. The van der Waals surface area contributed by atoms with Gasteiger partial charge in [0.05, 0.1) is 4.90 Å². The Balaban J connectivity index is 0.00000544. The number of hydrazone groups is 1. The molecular formula is C18H23ClN6O7S. The van der Waals surface area contributed by atoms with Gasteiger partial charge in [-0.1, -0.05) is 18.2 Å². The second-order valence-corrected chi connectivity index (χ2v) is 8.19. The van der Waals surface area contributed by atoms with Crippen molar-refractivity contribution in [2.45, 2.75) is 24.4 Å². The van der Waals surface area contributed by atoms with E-state index in [1.807, 2.05) is 10.0 Å². The molecule has 13 nitrogen and oxygen atoms in total. The Kier molecular flexibility index (Phi) is 8.97. The number of nitrogens with zero attached hydrogens (tertiary/aromatic N) is 2. The zero-order valence-corrected chi connectivity index (χ0v) is 19.1. The lowest BCUT2D eigenvalue weighted by atomic mass is 10.2. The summed E-state index contributed by atoms with van der Waals surface area (Å²) in [5, 5.41) is 16.1. The lowest BCUT2D eigenvalue weighted by molar-refractivity contribution is -0.144. The maximum absolute atomic E-state index is 12.5. The van der Waals surface area contributed by atoms with Crippen LogP contribution in [0, 0.1) is 0 Å². The third-order valence-corrected chi connectivity index (χ3v) is 5.56. The highest BCUT2D eigenvalue weighted by Crippen LogP contribution is 2.15. The predicted molar refractivity (Wildman–Crippen MR) is 119 cm³/mol. The molecule has 0 bridgehead atoms. The number of rotatable bonds is 9. The highest BCUT2D eigenvalue weighted by molar-refractivity contribution is 7.89. The molecule has 0 saturated heterocycles. The molecule has 180 valence electrons. The first-order valence-corrected chi connectivity index (χ1v) is 10.5. The number of amides is 2. The van der Waals surface area contributed by atoms with Crippen molar-refractivity contribution in [3.05, 3.63) is 54.0 Å². The van der Waals surface area contributed by atoms with Crippen molar-refractivity contribution in [3.8, 4) is 0 Å². The van der Waals surface area contributed by atoms with Crippen molar-refractivity contribution in [2.75, 3.05) is 6.54 Å². The van der Waals surface area contributed by atoms with Gasteiger partial charge in [-0.15, -0.1) is 17.5 Å². The normalized spacial score (nSPS) is 12.5. The van der Waals surface area contributed by atoms with Crippen LogP contribution in [0.2, 0.25) is 0 Å². The number of nitrogens with two attached hydrogens (primary N) is 2. The van der Waals surface area contributed by atoms with E-state index >= 15 is 0 Å². The van der Waals surface area contributed by atoms with Crippen LogP contribution in [0.5, 0.6) is 0 Å². The fourth-order valence-corrected chi connectivity index (χ4v) is 3.75. The quantitative estimate of drug-likeness (QED) is 0.133. The van der Waals surface area contributed by atoms with Crippen molar-refractivity contribution in [1.82, 2.24) is 15.0 Å². The fraction of sp³-hybridized carbons (Fsp3) is 0.222. The van der Waals surface area contributed by atoms with Crippen LogP contribution in [0.25, 0.3) is 0 Å². The Morgan fingerprint density at radius 2 is 1.70 bits per heavy atom. The third-order valence-electron chi connectivity index (χ3n) is 3.99. The van der Waals surface area contributed by atoms with Gasteiger partial charge in [-0.25, -0.2) is 18.2 Å². The Morgan fingerprint density at radius 1 is 1.12 bits per heavy atom. The maximum atomic E-state index is 12.5. The van der Waals surface area contributed by atoms with E-state index in [2.05, 4.69) is 5.10 Å². The van der Waals surface area contributed by atoms with E-state index in [9.17, 15) is 27.9 Å². The monoisotopic (exact) mass is 502 g/mol. The van der Waals surface area contributed by atoms with Crippen LogP contribution in [0.4, 0.5) is 0 Å². The number of carboxylic acids is 1. The minimum atomic E-state index is -4.30. The number of carboxylic acid groups (broad SMARTS) is 1. The number of hydrogen-bond acceptors (Lipinski definition) is 7. The molecule has 15 heteroatoms. The Morgan fingerprint density at radius 3 is 2.21 bits per heavy atom. The summed E-state index contributed by atoms with van der Waals surface area (Å²) in [7, 11) is -4.30. The number of halogens is 1. The maximum Gasteiger partial charge on any atom is 0.345 e. The lowest BCUT2D eigenvalue weighted by Crippen LogP contribution is -2.63. The molecule has 0 fully saturated rings. The first-order chi connectivity index (χ1) is 14.9. The first kappa shape index (κ1) is 27.4. The smallest absolute Gasteiger partial charge is 0.345 e. The topological polar surface area (TPSA) is 210 Å². The molecule has 0 aliphatic heterocycles. The summed E-state index contributed by atoms with van der Waals surface area (Å²) in [6.07, 6.45) is 0. The fourth-order valence-electron chi connectivity index (χ4n) is 2.44. The zero-order valence-electron chi connectivity index (χ0n) is 17.5. The van der Waals surface area contributed by atoms with Gasteiger partial charge in [0.15, 0.2) is 11.5 Å². The summed E-state index contributed by atoms with van der Waals surface area (Å²) < 4.78 is 32.2. The van der Waals surface area contributed by atoms with Crippen LogP contribution < -0.4 is 21.5 Å². The molecule has 0 radical (unpaired) electrons. The Bertz CT molecular complexity index is 1150. The number of aliphatic carboxylic acids is 1. The second kappa shape index (κ2) is 10.8. The van der Waals surface area contributed by atoms with Gasteiger partial charge in [0.2, 0.25) is 21.6 Å². The number of furan rings is 1. The number of nitrogens with one attached hydrogen (secondary N) is 2. The number of sulfonamides is 1. The van der Waals surface area contributed by atoms with Gasteiger partial charge in [-0.3, -0.25) is 9.59 Å². The molecule has 1 aromatic heterocycles. The van der Waals surface area contributed by atoms with Gasteiger partial charge in [-0.2, -0.15) is 4.72 Å². The number of carbonyl (C=O) groups is 3. The van der Waals surface area contributed by atoms with E-state index in [0.717, 1.165) is 24.1 Å². The highest BCUT2D eigenvalue weighted by Gasteiger charge is 2.40. The summed E-state index contributed by atoms with van der Waals surface area (Å²) in [6.45, 7) is 2.63. The van der Waals surface area contributed by atoms with E-state index in [0.29, 0.717) is 0 Å². The van der Waals surface area contributed by atoms with Crippen molar-refractivity contribution in [2.24, 2.45) is 16.6 Å². The average molecular weight is 503 g/mol. The van der Waals surface area contributed by atoms with Crippen LogP contribution in [0.1, 0.15) is 35.0 Å². The number of benzene rings is 1. The van der Waals surface area contributed by atoms with E-state index < -0.39 is 39.2 Å². The zero-order chi connectivity index (χ0) is 24.1. The van der Waals surface area contributed by atoms with E-state index in [1.54, 1.807) is 13.0 Å². The molecule has 1 atom stereocenters. The molecule has 0 spiro atoms. The average Bonchev–Trinajstić information content (AvgIpc) is 3.22. The SMILES string of the molecule is CCN(N=C(N)N)C(=O)c1ccc(C(=O)N[C@@](C)(NS(=O)(=O)c2ccccc2)C(=O)O)o1.Cl. The van der Waals surface area contributed by atoms with Crippen molar-refractivity contribution in [1.29, 1.82) is 0 Å². The van der Waals surface area contributed by atoms with Gasteiger partial charge >= 0.3 is 11.9 Å². The van der Waals surface area contributed by atoms with E-state index in [1.165, 1.54) is 24.3 Å². The molecule has 1 heterocycles. The summed E-state index contributed by atoms with van der Waals surface area (Å²) >= 11 is 0. The molecule has 7 N–H and O–H groups in total. The van der Waals surface area contributed by atoms with Crippen LogP contribution in [-0.2, 0) is 14.8 Å². The minimum absolute atomic E-state index is 0. The van der Waals surface area contributed by atoms with Crippen LogP contribution in [0.15, 0.2) is 56.9 Å². The standard InChI is InChI=1S/C18H22N6O7S.ClH/c1-3-24(22-17(19)20)15(26)13-10-9-12(31-13)14(25)21-18(2,16(27)28)23-32(29,30)11-7-5-4-6-8-11;/h4-10,23H,3H2,1-2H3,(H,21,25)(H,27,28)(H4,19,20,22);1H/t18-;/m0./s1. The minimum Gasteiger partial charge on any atom is -0.478 e. The van der Waals surface area contributed by atoms with Gasteiger partial charge in [0.1, 0.15) is 0 Å². The van der Waals surface area contributed by atoms with Crippen LogP contribution in [-0.4, -0.2) is 54.5 Å². The van der Waals surface area contributed by atoms with Gasteiger partial charge in [0, 0.05) is 6.54 Å². The molecule has 2 rings (SSSR count). The molecule has 33 heavy (non-hydrogen) atoms. The lowest BCUT2D eigenvalue weighted by Gasteiger charge is -2.26. The largest absolute Gasteiger partial charge is 0.478 e. The summed E-state index contributed by atoms with van der Waals surface area (Å²) in [6, 6.07) is 9.27. The van der Waals surface area contributed by atoms with E-state index in [-0.39, 0.29) is 35.6 Å². The summed E-state index contributed by atoms with van der Waals surface area (Å²) in [5.74, 6) is -4.64. The Labute approximate surface area is 195 Å².